The first-order valence-corrected chi connectivity index (χ1v) is 5.53. The zero-order valence-corrected chi connectivity index (χ0v) is 9.56. The predicted octanol–water partition coefficient (Wildman–Crippen LogP) is 3.19. The summed E-state index contributed by atoms with van der Waals surface area (Å²) in [4.78, 5) is 0. The number of hydrogen-bond donors (Lipinski definition) is 1. The van der Waals surface area contributed by atoms with E-state index in [0.717, 1.165) is 6.42 Å². The second-order valence-corrected chi connectivity index (χ2v) is 3.45. The lowest BCUT2D eigenvalue weighted by atomic mass is 9.92. The molecule has 0 heterocycles. The molecule has 0 amide bonds. The molecule has 0 rings (SSSR count). The van der Waals surface area contributed by atoms with Gasteiger partial charge in [-0.25, -0.2) is 0 Å². The first-order chi connectivity index (χ1) is 6.29. The highest BCUT2D eigenvalue weighted by Gasteiger charge is 2.12. The van der Waals surface area contributed by atoms with Crippen molar-refractivity contribution in [3.8, 4) is 0 Å². The molecule has 0 aliphatic heterocycles. The van der Waals surface area contributed by atoms with E-state index in [2.05, 4.69) is 31.3 Å². The van der Waals surface area contributed by atoms with E-state index in [1.807, 2.05) is 7.05 Å². The topological polar surface area (TPSA) is 24.4 Å². The summed E-state index contributed by atoms with van der Waals surface area (Å²) in [6.45, 7) is 6.68. The monoisotopic (exact) mass is 184 g/mol. The molecule has 0 aromatic carbocycles. The third kappa shape index (κ3) is 4.91. The lowest BCUT2D eigenvalue weighted by Gasteiger charge is -2.16. The summed E-state index contributed by atoms with van der Waals surface area (Å²) in [6.07, 6.45) is 6.15. The van der Waals surface area contributed by atoms with Crippen LogP contribution in [0.5, 0.6) is 0 Å². The molecule has 2 heteroatoms. The molecule has 0 bridgehead atoms. The summed E-state index contributed by atoms with van der Waals surface area (Å²) < 4.78 is 0. The zero-order valence-electron chi connectivity index (χ0n) is 9.56. The molecule has 0 spiro atoms. The minimum Gasteiger partial charge on any atom is -0.313 e. The van der Waals surface area contributed by atoms with Crippen molar-refractivity contribution < 1.29 is 0 Å². The third-order valence-electron chi connectivity index (χ3n) is 2.36. The number of hydrogen-bond acceptors (Lipinski definition) is 2. The molecular weight excluding hydrogens is 160 g/mol. The largest absolute Gasteiger partial charge is 0.313 e. The lowest BCUT2D eigenvalue weighted by molar-refractivity contribution is 0.548. The maximum Gasteiger partial charge on any atom is 0.0406 e. The van der Waals surface area contributed by atoms with Crippen LogP contribution in [-0.4, -0.2) is 12.8 Å². The molecule has 0 saturated heterocycles. The Hall–Kier alpha value is -0.530. The molecule has 0 aromatic heterocycles. The van der Waals surface area contributed by atoms with Gasteiger partial charge in [0.2, 0.25) is 0 Å². The van der Waals surface area contributed by atoms with Crippen LogP contribution in [0.15, 0.2) is 5.10 Å². The van der Waals surface area contributed by atoms with Gasteiger partial charge in [0, 0.05) is 12.8 Å². The van der Waals surface area contributed by atoms with Crippen LogP contribution in [0.2, 0.25) is 0 Å². The molecule has 0 radical (unpaired) electrons. The summed E-state index contributed by atoms with van der Waals surface area (Å²) in [5.74, 6) is 0.701. The quantitative estimate of drug-likeness (QED) is 0.477. The van der Waals surface area contributed by atoms with Gasteiger partial charge in [0.25, 0.3) is 0 Å². The molecule has 1 N–H and O–H groups in total. The van der Waals surface area contributed by atoms with Crippen molar-refractivity contribution in [2.45, 2.75) is 52.9 Å². The Balaban J connectivity index is 4.20. The van der Waals surface area contributed by atoms with Crippen LogP contribution < -0.4 is 5.43 Å². The van der Waals surface area contributed by atoms with Gasteiger partial charge in [-0.2, -0.15) is 5.10 Å². The first-order valence-electron chi connectivity index (χ1n) is 5.53. The van der Waals surface area contributed by atoms with E-state index in [4.69, 9.17) is 0 Å². The Morgan fingerprint density at radius 2 is 1.69 bits per heavy atom. The Morgan fingerprint density at radius 1 is 1.15 bits per heavy atom. The molecular formula is C11H24N2. The minimum absolute atomic E-state index is 0.701. The maximum atomic E-state index is 4.35. The summed E-state index contributed by atoms with van der Waals surface area (Å²) in [7, 11) is 1.88. The maximum absolute atomic E-state index is 4.35. The second-order valence-electron chi connectivity index (χ2n) is 3.45. The number of nitrogens with one attached hydrogen (secondary N) is 1. The highest BCUT2D eigenvalue weighted by atomic mass is 15.3. The van der Waals surface area contributed by atoms with Gasteiger partial charge < -0.3 is 5.43 Å². The predicted molar refractivity (Wildman–Crippen MR) is 60.1 cm³/mol. The van der Waals surface area contributed by atoms with E-state index >= 15 is 0 Å². The van der Waals surface area contributed by atoms with Crippen LogP contribution in [0.4, 0.5) is 0 Å². The lowest BCUT2D eigenvalue weighted by Crippen LogP contribution is -2.16. The number of hydrazone groups is 1. The molecule has 2 nitrogen and oxygen atoms in total. The van der Waals surface area contributed by atoms with E-state index < -0.39 is 0 Å². The van der Waals surface area contributed by atoms with E-state index in [9.17, 15) is 0 Å². The Labute approximate surface area is 82.8 Å². The zero-order chi connectivity index (χ0) is 10.1. The molecule has 0 atom stereocenters. The van der Waals surface area contributed by atoms with Crippen molar-refractivity contribution in [1.29, 1.82) is 0 Å². The molecule has 0 unspecified atom stereocenters. The van der Waals surface area contributed by atoms with Crippen LogP contribution in [0.1, 0.15) is 52.9 Å². The second kappa shape index (κ2) is 8.09. The van der Waals surface area contributed by atoms with Crippen molar-refractivity contribution in [1.82, 2.24) is 5.43 Å². The van der Waals surface area contributed by atoms with Gasteiger partial charge in [-0.15, -0.1) is 0 Å². The molecule has 0 aliphatic rings. The van der Waals surface area contributed by atoms with Gasteiger partial charge >= 0.3 is 0 Å². The van der Waals surface area contributed by atoms with E-state index in [1.54, 1.807) is 0 Å². The molecule has 0 aromatic rings. The van der Waals surface area contributed by atoms with Gasteiger partial charge in [-0.05, 0) is 25.2 Å². The number of rotatable bonds is 7. The summed E-state index contributed by atoms with van der Waals surface area (Å²) in [6, 6.07) is 0. The molecule has 78 valence electrons. The fraction of sp³-hybridized carbons (Fsp3) is 0.909. The summed E-state index contributed by atoms with van der Waals surface area (Å²) in [5.41, 5.74) is 4.24. The van der Waals surface area contributed by atoms with E-state index in [-0.39, 0.29) is 0 Å². The van der Waals surface area contributed by atoms with Crippen LogP contribution in [0, 0.1) is 5.92 Å². The van der Waals surface area contributed by atoms with Gasteiger partial charge in [0.15, 0.2) is 0 Å². The fourth-order valence-electron chi connectivity index (χ4n) is 1.78. The Morgan fingerprint density at radius 3 is 2.00 bits per heavy atom. The normalized spacial score (nSPS) is 12.2. The van der Waals surface area contributed by atoms with E-state index in [1.165, 1.54) is 31.4 Å². The van der Waals surface area contributed by atoms with Gasteiger partial charge in [0.1, 0.15) is 0 Å². The fourth-order valence-corrected chi connectivity index (χ4v) is 1.78. The summed E-state index contributed by atoms with van der Waals surface area (Å²) >= 11 is 0. The van der Waals surface area contributed by atoms with Crippen molar-refractivity contribution in [2.24, 2.45) is 11.0 Å². The standard InChI is InChI=1S/C11H24N2/c1-5-8-10(9-6-2)11(7-3)13-12-4/h10,12H,5-9H2,1-4H3/b13-11+. The first kappa shape index (κ1) is 12.5. The van der Waals surface area contributed by atoms with Crippen LogP contribution in [0.3, 0.4) is 0 Å². The number of nitrogens with zero attached hydrogens (tertiary/aromatic N) is 1. The molecule has 0 fully saturated rings. The minimum atomic E-state index is 0.701. The Kier molecular flexibility index (Phi) is 7.76. The van der Waals surface area contributed by atoms with Crippen molar-refractivity contribution in [3.63, 3.8) is 0 Å². The highest BCUT2D eigenvalue weighted by molar-refractivity contribution is 5.86. The van der Waals surface area contributed by atoms with Gasteiger partial charge in [0.05, 0.1) is 0 Å². The van der Waals surface area contributed by atoms with Crippen molar-refractivity contribution >= 4 is 5.71 Å². The highest BCUT2D eigenvalue weighted by Crippen LogP contribution is 2.17. The smallest absolute Gasteiger partial charge is 0.0406 e. The van der Waals surface area contributed by atoms with Crippen LogP contribution in [-0.2, 0) is 0 Å². The van der Waals surface area contributed by atoms with Crippen molar-refractivity contribution in [3.05, 3.63) is 0 Å². The Bertz CT molecular complexity index is 135. The molecule has 13 heavy (non-hydrogen) atoms. The average Bonchev–Trinajstić information content (AvgIpc) is 2.14. The van der Waals surface area contributed by atoms with Gasteiger partial charge in [-0.3, -0.25) is 0 Å². The van der Waals surface area contributed by atoms with Gasteiger partial charge in [-0.1, -0.05) is 33.6 Å². The summed E-state index contributed by atoms with van der Waals surface area (Å²) in [5, 5.41) is 4.35. The SMILES string of the molecule is CCCC(CCC)/C(CC)=N/NC. The third-order valence-corrected chi connectivity index (χ3v) is 2.36. The molecule has 0 saturated carbocycles. The van der Waals surface area contributed by atoms with Crippen LogP contribution >= 0.6 is 0 Å². The van der Waals surface area contributed by atoms with Crippen molar-refractivity contribution in [2.75, 3.05) is 7.05 Å². The van der Waals surface area contributed by atoms with Crippen LogP contribution in [0.25, 0.3) is 0 Å². The average molecular weight is 184 g/mol. The van der Waals surface area contributed by atoms with E-state index in [0.29, 0.717) is 5.92 Å². The molecule has 0 aliphatic carbocycles.